The van der Waals surface area contributed by atoms with Gasteiger partial charge in [0.2, 0.25) is 5.91 Å². The Balaban J connectivity index is 2.14. The van der Waals surface area contributed by atoms with Gasteiger partial charge in [-0.05, 0) is 32.2 Å². The van der Waals surface area contributed by atoms with E-state index in [1.807, 2.05) is 18.7 Å². The monoisotopic (exact) mass is 282 g/mol. The second-order valence-electron chi connectivity index (χ2n) is 6.38. The Labute approximate surface area is 120 Å². The molecule has 0 saturated carbocycles. The third kappa shape index (κ3) is 2.75. The summed E-state index contributed by atoms with van der Waals surface area (Å²) < 4.78 is 0. The van der Waals surface area contributed by atoms with E-state index in [9.17, 15) is 4.79 Å². The Bertz CT molecular complexity index is 397. The fourth-order valence-electron chi connectivity index (χ4n) is 3.49. The topological polar surface area (TPSA) is 82.2 Å². The van der Waals surface area contributed by atoms with Crippen LogP contribution in [0.25, 0.3) is 0 Å². The summed E-state index contributed by atoms with van der Waals surface area (Å²) in [6.45, 7) is 8.77. The van der Waals surface area contributed by atoms with Crippen molar-refractivity contribution in [1.29, 1.82) is 0 Å². The van der Waals surface area contributed by atoms with Crippen molar-refractivity contribution in [3.63, 3.8) is 0 Å². The molecule has 3 atom stereocenters. The third-order valence-corrected chi connectivity index (χ3v) is 4.59. The normalized spacial score (nSPS) is 29.6. The van der Waals surface area contributed by atoms with Gasteiger partial charge in [-0.2, -0.15) is 0 Å². The largest absolute Gasteiger partial charge is 0.409 e. The number of nitrogens with zero attached hydrogens (tertiary/aromatic N) is 3. The zero-order valence-corrected chi connectivity index (χ0v) is 12.6. The van der Waals surface area contributed by atoms with E-state index in [0.717, 1.165) is 26.1 Å². The van der Waals surface area contributed by atoms with Crippen LogP contribution >= 0.6 is 0 Å². The minimum atomic E-state index is -0.532. The van der Waals surface area contributed by atoms with Crippen molar-refractivity contribution in [1.82, 2.24) is 9.80 Å². The van der Waals surface area contributed by atoms with Crippen LogP contribution in [0.2, 0.25) is 0 Å². The number of oxime groups is 1. The number of amidine groups is 1. The molecule has 0 aromatic heterocycles. The molecule has 2 rings (SSSR count). The summed E-state index contributed by atoms with van der Waals surface area (Å²) in [5.41, 5.74) is 5.72. The van der Waals surface area contributed by atoms with Crippen molar-refractivity contribution in [2.45, 2.75) is 45.7 Å². The molecule has 6 nitrogen and oxygen atoms in total. The lowest BCUT2D eigenvalue weighted by atomic mass is 9.92. The summed E-state index contributed by atoms with van der Waals surface area (Å²) in [5, 5.41) is 12.0. The molecule has 6 heteroatoms. The fraction of sp³-hybridized carbons (Fsp3) is 0.857. The molecular formula is C14H26N4O2. The molecule has 2 aliphatic rings. The maximum absolute atomic E-state index is 12.8. The average Bonchev–Trinajstić information content (AvgIpc) is 2.84. The van der Waals surface area contributed by atoms with Gasteiger partial charge in [-0.3, -0.25) is 9.69 Å². The van der Waals surface area contributed by atoms with Gasteiger partial charge in [0.15, 0.2) is 5.84 Å². The molecule has 2 aliphatic heterocycles. The molecule has 2 heterocycles. The van der Waals surface area contributed by atoms with Gasteiger partial charge in [0.05, 0.1) is 0 Å². The highest BCUT2D eigenvalue weighted by molar-refractivity contribution is 6.02. The number of hydrogen-bond donors (Lipinski definition) is 2. The van der Waals surface area contributed by atoms with Crippen LogP contribution in [-0.2, 0) is 4.79 Å². The highest BCUT2D eigenvalue weighted by atomic mass is 16.4. The number of nitrogens with two attached hydrogens (primary N) is 1. The van der Waals surface area contributed by atoms with E-state index in [1.54, 1.807) is 0 Å². The second-order valence-corrected chi connectivity index (χ2v) is 6.38. The Kier molecular flexibility index (Phi) is 4.52. The van der Waals surface area contributed by atoms with E-state index in [4.69, 9.17) is 10.9 Å². The number of hydrogen-bond acceptors (Lipinski definition) is 4. The minimum absolute atomic E-state index is 0.00523. The van der Waals surface area contributed by atoms with Gasteiger partial charge < -0.3 is 15.8 Å². The maximum atomic E-state index is 12.8. The van der Waals surface area contributed by atoms with Gasteiger partial charge in [0.25, 0.3) is 0 Å². The Morgan fingerprint density at radius 1 is 1.40 bits per heavy atom. The van der Waals surface area contributed by atoms with Crippen LogP contribution in [0.4, 0.5) is 0 Å². The van der Waals surface area contributed by atoms with E-state index in [-0.39, 0.29) is 23.7 Å². The van der Waals surface area contributed by atoms with E-state index < -0.39 is 5.92 Å². The smallest absolute Gasteiger partial charge is 0.234 e. The molecule has 3 unspecified atom stereocenters. The number of carbonyl (C=O) groups excluding carboxylic acids is 1. The molecule has 0 aromatic carbocycles. The SMILES string of the molecule is CC(C)C(C(=O)N1CC2CCCN2CC1C)C(N)=NO. The zero-order valence-electron chi connectivity index (χ0n) is 12.6. The Hall–Kier alpha value is -1.30. The molecular weight excluding hydrogens is 256 g/mol. The van der Waals surface area contributed by atoms with Crippen LogP contribution in [0.1, 0.15) is 33.6 Å². The predicted molar refractivity (Wildman–Crippen MR) is 77.5 cm³/mol. The molecule has 114 valence electrons. The second kappa shape index (κ2) is 5.99. The molecule has 2 saturated heterocycles. The van der Waals surface area contributed by atoms with Crippen LogP contribution in [0.3, 0.4) is 0 Å². The van der Waals surface area contributed by atoms with E-state index >= 15 is 0 Å². The molecule has 0 spiro atoms. The lowest BCUT2D eigenvalue weighted by Gasteiger charge is -2.43. The van der Waals surface area contributed by atoms with Crippen molar-refractivity contribution >= 4 is 11.7 Å². The lowest BCUT2D eigenvalue weighted by Crippen LogP contribution is -2.59. The standard InChI is InChI=1S/C14H26N4O2/c1-9(2)12(13(15)16-20)14(19)18-8-11-5-4-6-17(11)7-10(18)3/h9-12,20H,4-8H2,1-3H3,(H2,15,16). The van der Waals surface area contributed by atoms with Crippen LogP contribution < -0.4 is 5.73 Å². The van der Waals surface area contributed by atoms with Gasteiger partial charge >= 0.3 is 0 Å². The molecule has 0 aliphatic carbocycles. The van der Waals surface area contributed by atoms with Crippen molar-refractivity contribution < 1.29 is 10.0 Å². The first kappa shape index (κ1) is 15.1. The summed E-state index contributed by atoms with van der Waals surface area (Å²) in [4.78, 5) is 17.2. The van der Waals surface area contributed by atoms with Crippen LogP contribution in [0, 0.1) is 11.8 Å². The van der Waals surface area contributed by atoms with Crippen molar-refractivity contribution in [2.75, 3.05) is 19.6 Å². The van der Waals surface area contributed by atoms with Crippen LogP contribution in [0.15, 0.2) is 5.16 Å². The number of amides is 1. The van der Waals surface area contributed by atoms with Crippen LogP contribution in [-0.4, -0.2) is 58.5 Å². The van der Waals surface area contributed by atoms with Crippen molar-refractivity contribution in [3.8, 4) is 0 Å². The van der Waals surface area contributed by atoms with E-state index in [2.05, 4.69) is 17.0 Å². The highest BCUT2D eigenvalue weighted by Gasteiger charge is 2.40. The number of fused-ring (bicyclic) bond motifs is 1. The lowest BCUT2D eigenvalue weighted by molar-refractivity contribution is -0.140. The number of rotatable bonds is 3. The molecule has 0 aromatic rings. The maximum Gasteiger partial charge on any atom is 0.234 e. The Morgan fingerprint density at radius 3 is 2.70 bits per heavy atom. The quantitative estimate of drug-likeness (QED) is 0.345. The first-order valence-corrected chi connectivity index (χ1v) is 7.47. The third-order valence-electron chi connectivity index (χ3n) is 4.59. The first-order chi connectivity index (χ1) is 9.45. The summed E-state index contributed by atoms with van der Waals surface area (Å²) >= 11 is 0. The minimum Gasteiger partial charge on any atom is -0.409 e. The van der Waals surface area contributed by atoms with Gasteiger partial charge in [-0.15, -0.1) is 0 Å². The zero-order chi connectivity index (χ0) is 14.9. The first-order valence-electron chi connectivity index (χ1n) is 7.47. The van der Waals surface area contributed by atoms with Crippen molar-refractivity contribution in [3.05, 3.63) is 0 Å². The highest BCUT2D eigenvalue weighted by Crippen LogP contribution is 2.27. The number of piperazine rings is 1. The molecule has 2 fully saturated rings. The van der Waals surface area contributed by atoms with E-state index in [0.29, 0.717) is 6.04 Å². The van der Waals surface area contributed by atoms with Gasteiger partial charge in [0, 0.05) is 25.2 Å². The molecule has 20 heavy (non-hydrogen) atoms. The van der Waals surface area contributed by atoms with Crippen molar-refractivity contribution in [2.24, 2.45) is 22.7 Å². The van der Waals surface area contributed by atoms with E-state index in [1.165, 1.54) is 6.42 Å². The number of carbonyl (C=O) groups is 1. The average molecular weight is 282 g/mol. The predicted octanol–water partition coefficient (Wildman–Crippen LogP) is 0.700. The Morgan fingerprint density at radius 2 is 2.10 bits per heavy atom. The molecule has 1 amide bonds. The van der Waals surface area contributed by atoms with Gasteiger partial charge in [0.1, 0.15) is 5.92 Å². The van der Waals surface area contributed by atoms with Gasteiger partial charge in [-0.1, -0.05) is 19.0 Å². The summed E-state index contributed by atoms with van der Waals surface area (Å²) in [6, 6.07) is 0.667. The fourth-order valence-corrected chi connectivity index (χ4v) is 3.49. The van der Waals surface area contributed by atoms with Crippen LogP contribution in [0.5, 0.6) is 0 Å². The summed E-state index contributed by atoms with van der Waals surface area (Å²) in [5.74, 6) is -0.497. The molecule has 3 N–H and O–H groups in total. The summed E-state index contributed by atoms with van der Waals surface area (Å²) in [6.07, 6.45) is 2.37. The molecule has 0 bridgehead atoms. The summed E-state index contributed by atoms with van der Waals surface area (Å²) in [7, 11) is 0. The molecule has 0 radical (unpaired) electrons. The van der Waals surface area contributed by atoms with Gasteiger partial charge in [-0.25, -0.2) is 0 Å².